The van der Waals surface area contributed by atoms with Gasteiger partial charge in [0.2, 0.25) is 17.7 Å². The standard InChI is InChI=1S/C40H49FN8O4S/c1-23(26-10-12-27(13-11-26)35-24(2)43-22-54-35)44-38(52)33-19-28(50)21-49(33)39(53)36(40(3,4)5)45-34(51)18-25-14-16-48(17-15-25)32-20-31(46-47-37(32)42)29-8-6-7-9-30(29)41/h6-13,20,22-23,25,28,33,36,50H,14-19,21H2,1-5H3,(H2,42,47)(H,44,52)(H,45,51)/t23-,28+,33-,36+/m0/s1. The van der Waals surface area contributed by atoms with Crippen molar-refractivity contribution in [3.8, 4) is 21.7 Å². The summed E-state index contributed by atoms with van der Waals surface area (Å²) in [5.74, 6) is -1.08. The number of benzene rings is 2. The number of β-amino-alcohol motifs (C(OH)–C–C–N with tert-alkyl or cyclic N) is 1. The van der Waals surface area contributed by atoms with Crippen molar-refractivity contribution in [2.45, 2.75) is 84.5 Å². The molecule has 3 amide bonds. The average molecular weight is 757 g/mol. The number of nitrogens with two attached hydrogens (primary N) is 1. The number of likely N-dealkylation sites (tertiary alicyclic amines) is 1. The van der Waals surface area contributed by atoms with Gasteiger partial charge in [-0.25, -0.2) is 9.37 Å². The second-order valence-corrected chi connectivity index (χ2v) is 16.4. The molecule has 54 heavy (non-hydrogen) atoms. The van der Waals surface area contributed by atoms with Gasteiger partial charge in [0.1, 0.15) is 17.9 Å². The fourth-order valence-corrected chi connectivity index (χ4v) is 8.13. The molecule has 4 aromatic rings. The number of nitrogens with one attached hydrogen (secondary N) is 2. The van der Waals surface area contributed by atoms with Gasteiger partial charge in [-0.2, -0.15) is 0 Å². The van der Waals surface area contributed by atoms with E-state index in [1.807, 2.05) is 64.4 Å². The van der Waals surface area contributed by atoms with E-state index in [-0.39, 0.29) is 49.0 Å². The van der Waals surface area contributed by atoms with Crippen LogP contribution in [-0.2, 0) is 14.4 Å². The first kappa shape index (κ1) is 38.8. The lowest BCUT2D eigenvalue weighted by atomic mass is 9.85. The predicted octanol–water partition coefficient (Wildman–Crippen LogP) is 5.27. The molecule has 4 heterocycles. The molecular formula is C40H49FN8O4S. The Labute approximate surface area is 319 Å². The lowest BCUT2D eigenvalue weighted by Gasteiger charge is -2.36. The number of thiazole rings is 1. The minimum atomic E-state index is -0.912. The third-order valence-corrected chi connectivity index (χ3v) is 11.4. The quantitative estimate of drug-likeness (QED) is 0.169. The number of hydrogen-bond donors (Lipinski definition) is 4. The Bertz CT molecular complexity index is 1970. The zero-order chi connectivity index (χ0) is 38.7. The second-order valence-electron chi connectivity index (χ2n) is 15.5. The number of piperidine rings is 1. The van der Waals surface area contributed by atoms with Crippen molar-refractivity contribution in [2.24, 2.45) is 11.3 Å². The second kappa shape index (κ2) is 16.2. The maximum atomic E-state index is 14.4. The monoisotopic (exact) mass is 756 g/mol. The summed E-state index contributed by atoms with van der Waals surface area (Å²) in [4.78, 5) is 50.3. The van der Waals surface area contributed by atoms with Gasteiger partial charge < -0.3 is 31.3 Å². The van der Waals surface area contributed by atoms with Crippen LogP contribution in [0.5, 0.6) is 0 Å². The third-order valence-electron chi connectivity index (χ3n) is 10.4. The Morgan fingerprint density at radius 2 is 1.76 bits per heavy atom. The van der Waals surface area contributed by atoms with Gasteiger partial charge >= 0.3 is 0 Å². The Morgan fingerprint density at radius 3 is 2.41 bits per heavy atom. The zero-order valence-electron chi connectivity index (χ0n) is 31.4. The molecule has 14 heteroatoms. The van der Waals surface area contributed by atoms with Crippen LogP contribution < -0.4 is 21.3 Å². The smallest absolute Gasteiger partial charge is 0.246 e. The number of halogens is 1. The first-order valence-corrected chi connectivity index (χ1v) is 19.3. The number of aryl methyl sites for hydroxylation is 1. The van der Waals surface area contributed by atoms with Crippen molar-refractivity contribution in [1.82, 2.24) is 30.7 Å². The molecule has 0 spiro atoms. The number of nitrogen functional groups attached to an aromatic ring is 1. The highest BCUT2D eigenvalue weighted by molar-refractivity contribution is 7.13. The predicted molar refractivity (Wildman–Crippen MR) is 208 cm³/mol. The summed E-state index contributed by atoms with van der Waals surface area (Å²) in [6.45, 7) is 10.7. The van der Waals surface area contributed by atoms with E-state index in [4.69, 9.17) is 5.73 Å². The summed E-state index contributed by atoms with van der Waals surface area (Å²) in [6, 6.07) is 13.9. The van der Waals surface area contributed by atoms with Crippen molar-refractivity contribution in [3.05, 3.63) is 77.2 Å². The molecule has 5 N–H and O–H groups in total. The van der Waals surface area contributed by atoms with Gasteiger partial charge in [0, 0.05) is 38.0 Å². The van der Waals surface area contributed by atoms with E-state index >= 15 is 0 Å². The number of carbonyl (C=O) groups excluding carboxylic acids is 3. The fraction of sp³-hybridized carbons (Fsp3) is 0.450. The van der Waals surface area contributed by atoms with E-state index in [9.17, 15) is 23.9 Å². The van der Waals surface area contributed by atoms with Crippen LogP contribution in [-0.4, -0.2) is 80.7 Å². The molecule has 2 aliphatic rings. The molecule has 2 saturated heterocycles. The van der Waals surface area contributed by atoms with Gasteiger partial charge in [0.25, 0.3) is 0 Å². The Hall–Kier alpha value is -4.95. The van der Waals surface area contributed by atoms with Crippen LogP contribution in [0.25, 0.3) is 21.7 Å². The van der Waals surface area contributed by atoms with E-state index in [1.54, 1.807) is 35.6 Å². The number of amides is 3. The minimum absolute atomic E-state index is 0.000725. The summed E-state index contributed by atoms with van der Waals surface area (Å²) in [5.41, 5.74) is 11.7. The average Bonchev–Trinajstić information content (AvgIpc) is 3.76. The van der Waals surface area contributed by atoms with Crippen LogP contribution in [0.1, 0.15) is 70.7 Å². The van der Waals surface area contributed by atoms with Crippen molar-refractivity contribution >= 4 is 40.6 Å². The molecule has 0 saturated carbocycles. The molecule has 12 nitrogen and oxygen atoms in total. The highest BCUT2D eigenvalue weighted by Gasteiger charge is 2.45. The number of hydrogen-bond acceptors (Lipinski definition) is 10. The molecule has 4 atom stereocenters. The number of carbonyl (C=O) groups is 3. The van der Waals surface area contributed by atoms with Gasteiger partial charge in [-0.1, -0.05) is 57.2 Å². The van der Waals surface area contributed by atoms with Crippen LogP contribution in [0.3, 0.4) is 0 Å². The van der Waals surface area contributed by atoms with Crippen molar-refractivity contribution in [2.75, 3.05) is 30.3 Å². The van der Waals surface area contributed by atoms with E-state index < -0.39 is 35.3 Å². The van der Waals surface area contributed by atoms with E-state index in [1.165, 1.54) is 11.0 Å². The number of aliphatic hydroxyl groups excluding tert-OH is 1. The lowest BCUT2D eigenvalue weighted by molar-refractivity contribution is -0.144. The van der Waals surface area contributed by atoms with Gasteiger partial charge in [-0.05, 0) is 67.3 Å². The van der Waals surface area contributed by atoms with Crippen molar-refractivity contribution in [1.29, 1.82) is 0 Å². The highest BCUT2D eigenvalue weighted by atomic mass is 32.1. The number of aliphatic hydroxyl groups is 1. The minimum Gasteiger partial charge on any atom is -0.391 e. The number of aromatic nitrogens is 3. The maximum Gasteiger partial charge on any atom is 0.246 e. The molecule has 0 aliphatic carbocycles. The topological polar surface area (TPSA) is 167 Å². The normalized spacial score (nSPS) is 19.0. The highest BCUT2D eigenvalue weighted by Crippen LogP contribution is 2.33. The first-order valence-electron chi connectivity index (χ1n) is 18.4. The van der Waals surface area contributed by atoms with Crippen molar-refractivity contribution in [3.63, 3.8) is 0 Å². The van der Waals surface area contributed by atoms with Gasteiger partial charge in [0.15, 0.2) is 5.82 Å². The van der Waals surface area contributed by atoms with E-state index in [0.717, 1.165) is 21.7 Å². The summed E-state index contributed by atoms with van der Waals surface area (Å²) >= 11 is 1.58. The zero-order valence-corrected chi connectivity index (χ0v) is 32.2. The van der Waals surface area contributed by atoms with Gasteiger partial charge in [-0.15, -0.1) is 21.5 Å². The molecule has 6 rings (SSSR count). The Balaban J connectivity index is 1.06. The van der Waals surface area contributed by atoms with Crippen LogP contribution >= 0.6 is 11.3 Å². The molecule has 0 unspecified atom stereocenters. The molecule has 2 fully saturated rings. The molecule has 286 valence electrons. The molecule has 0 bridgehead atoms. The summed E-state index contributed by atoms with van der Waals surface area (Å²) in [5, 5.41) is 24.9. The fourth-order valence-electron chi connectivity index (χ4n) is 7.32. The molecular weight excluding hydrogens is 708 g/mol. The number of rotatable bonds is 10. The summed E-state index contributed by atoms with van der Waals surface area (Å²) < 4.78 is 14.4. The summed E-state index contributed by atoms with van der Waals surface area (Å²) in [6.07, 6.45) is 0.867. The SMILES string of the molecule is Cc1ncsc1-c1ccc([C@H](C)NC(=O)[C@@H]2C[C@@H](O)CN2C(=O)[C@@H](NC(=O)CC2CCN(c3cc(-c4ccccc4F)nnc3N)CC2)C(C)(C)C)cc1. The van der Waals surface area contributed by atoms with Gasteiger partial charge in [0.05, 0.1) is 39.6 Å². The molecule has 2 aliphatic heterocycles. The number of anilines is 2. The Morgan fingerprint density at radius 1 is 1.06 bits per heavy atom. The Kier molecular flexibility index (Phi) is 11.6. The van der Waals surface area contributed by atoms with Crippen LogP contribution in [0.15, 0.2) is 60.1 Å². The molecule has 2 aromatic heterocycles. The van der Waals surface area contributed by atoms with E-state index in [0.29, 0.717) is 42.9 Å². The maximum absolute atomic E-state index is 14.4. The van der Waals surface area contributed by atoms with Crippen LogP contribution in [0.2, 0.25) is 0 Å². The van der Waals surface area contributed by atoms with E-state index in [2.05, 4.69) is 30.7 Å². The first-order chi connectivity index (χ1) is 25.7. The van der Waals surface area contributed by atoms with Crippen LogP contribution in [0, 0.1) is 24.1 Å². The number of nitrogens with zero attached hydrogens (tertiary/aromatic N) is 5. The molecule has 0 radical (unpaired) electrons. The molecule has 2 aromatic carbocycles. The lowest BCUT2D eigenvalue weighted by Crippen LogP contribution is -2.58. The summed E-state index contributed by atoms with van der Waals surface area (Å²) in [7, 11) is 0. The van der Waals surface area contributed by atoms with Crippen molar-refractivity contribution < 1.29 is 23.9 Å². The van der Waals surface area contributed by atoms with Crippen LogP contribution in [0.4, 0.5) is 15.9 Å². The third kappa shape index (κ3) is 8.71. The van der Waals surface area contributed by atoms with Gasteiger partial charge in [-0.3, -0.25) is 14.4 Å². The largest absolute Gasteiger partial charge is 0.391 e.